The molecule has 1 aliphatic carbocycles. The Balaban J connectivity index is 1.72. The number of nitrogens with zero attached hydrogens (tertiary/aromatic N) is 1. The third kappa shape index (κ3) is 3.11. The van der Waals surface area contributed by atoms with E-state index in [1.165, 1.54) is 6.92 Å². The summed E-state index contributed by atoms with van der Waals surface area (Å²) >= 11 is 0. The number of H-pyrrole nitrogens is 1. The molecule has 138 valence electrons. The molecule has 1 aliphatic rings. The molecule has 3 rings (SSSR count). The highest BCUT2D eigenvalue weighted by atomic mass is 16.5. The van der Waals surface area contributed by atoms with E-state index in [0.29, 0.717) is 28.4 Å². The van der Waals surface area contributed by atoms with Gasteiger partial charge in [-0.25, -0.2) is 4.79 Å². The molecular weight excluding hydrogens is 332 g/mol. The van der Waals surface area contributed by atoms with Gasteiger partial charge in [0, 0.05) is 34.3 Å². The van der Waals surface area contributed by atoms with E-state index in [1.54, 1.807) is 13.8 Å². The number of rotatable bonds is 6. The third-order valence-corrected chi connectivity index (χ3v) is 5.02. The van der Waals surface area contributed by atoms with Crippen molar-refractivity contribution in [2.24, 2.45) is 0 Å². The summed E-state index contributed by atoms with van der Waals surface area (Å²) in [6.45, 7) is 8.49. The van der Waals surface area contributed by atoms with Crippen LogP contribution in [0.1, 0.15) is 79.7 Å². The largest absolute Gasteiger partial charge is 0.453 e. The van der Waals surface area contributed by atoms with Gasteiger partial charge in [-0.1, -0.05) is 0 Å². The molecule has 1 N–H and O–H groups in total. The fourth-order valence-electron chi connectivity index (χ4n) is 3.72. The number of aromatic amines is 1. The highest BCUT2D eigenvalue weighted by molar-refractivity contribution is 6.03. The molecule has 0 atom stereocenters. The predicted octanol–water partition coefficient (Wildman–Crippen LogP) is 3.63. The van der Waals surface area contributed by atoms with Crippen LogP contribution in [0, 0.1) is 27.7 Å². The van der Waals surface area contributed by atoms with Gasteiger partial charge in [0.15, 0.2) is 12.4 Å². The van der Waals surface area contributed by atoms with E-state index in [4.69, 9.17) is 4.74 Å². The molecule has 0 radical (unpaired) electrons. The van der Waals surface area contributed by atoms with Crippen LogP contribution in [0.25, 0.3) is 0 Å². The molecule has 2 aromatic heterocycles. The lowest BCUT2D eigenvalue weighted by Gasteiger charge is -2.08. The van der Waals surface area contributed by atoms with Crippen molar-refractivity contribution >= 4 is 17.5 Å². The second-order valence-electron chi connectivity index (χ2n) is 7.07. The van der Waals surface area contributed by atoms with E-state index >= 15 is 0 Å². The average Bonchev–Trinajstić information content (AvgIpc) is 3.28. The number of nitrogens with one attached hydrogen (secondary N) is 1. The Labute approximate surface area is 152 Å². The molecule has 6 nitrogen and oxygen atoms in total. The molecule has 0 unspecified atom stereocenters. The predicted molar refractivity (Wildman–Crippen MR) is 97.1 cm³/mol. The summed E-state index contributed by atoms with van der Waals surface area (Å²) in [7, 11) is 0. The SMILES string of the molecule is CC(=O)c1c(C)[nH]c(C(=O)OCC(=O)c2cc(C)n(C3CC3)c2C)c1C. The van der Waals surface area contributed by atoms with Gasteiger partial charge in [0.05, 0.1) is 0 Å². The van der Waals surface area contributed by atoms with Gasteiger partial charge in [0.1, 0.15) is 5.69 Å². The maximum absolute atomic E-state index is 12.5. The molecule has 6 heteroatoms. The van der Waals surface area contributed by atoms with Crippen molar-refractivity contribution in [2.45, 2.75) is 53.5 Å². The quantitative estimate of drug-likeness (QED) is 0.633. The molecule has 26 heavy (non-hydrogen) atoms. The minimum Gasteiger partial charge on any atom is -0.453 e. The number of carbonyl (C=O) groups excluding carboxylic acids is 3. The lowest BCUT2D eigenvalue weighted by Crippen LogP contribution is -2.16. The first-order chi connectivity index (χ1) is 12.2. The lowest BCUT2D eigenvalue weighted by molar-refractivity contribution is 0.0468. The van der Waals surface area contributed by atoms with Gasteiger partial charge in [0.2, 0.25) is 5.78 Å². The van der Waals surface area contributed by atoms with Gasteiger partial charge < -0.3 is 14.3 Å². The summed E-state index contributed by atoms with van der Waals surface area (Å²) < 4.78 is 7.40. The number of Topliss-reactive ketones (excluding diaryl/α,β-unsaturated/α-hetero) is 2. The first kappa shape index (κ1) is 18.2. The molecule has 2 aromatic rings. The Morgan fingerprint density at radius 1 is 1.19 bits per heavy atom. The Morgan fingerprint density at radius 3 is 2.38 bits per heavy atom. The molecule has 0 bridgehead atoms. The van der Waals surface area contributed by atoms with Crippen LogP contribution in [-0.2, 0) is 4.74 Å². The van der Waals surface area contributed by atoms with Crippen LogP contribution >= 0.6 is 0 Å². The van der Waals surface area contributed by atoms with Crippen molar-refractivity contribution in [3.8, 4) is 0 Å². The van der Waals surface area contributed by atoms with Crippen LogP contribution in [-0.4, -0.2) is 33.7 Å². The topological polar surface area (TPSA) is 81.2 Å². The van der Waals surface area contributed by atoms with E-state index in [0.717, 1.165) is 24.2 Å². The van der Waals surface area contributed by atoms with E-state index in [1.807, 2.05) is 19.9 Å². The first-order valence-electron chi connectivity index (χ1n) is 8.81. The van der Waals surface area contributed by atoms with Crippen LogP contribution in [0.2, 0.25) is 0 Å². The highest BCUT2D eigenvalue weighted by Crippen LogP contribution is 2.38. The number of carbonyl (C=O) groups is 3. The van der Waals surface area contributed by atoms with Gasteiger partial charge in [0.25, 0.3) is 0 Å². The Hall–Kier alpha value is -2.63. The third-order valence-electron chi connectivity index (χ3n) is 5.02. The van der Waals surface area contributed by atoms with Gasteiger partial charge >= 0.3 is 5.97 Å². The number of aromatic nitrogens is 2. The smallest absolute Gasteiger partial charge is 0.355 e. The molecule has 1 fully saturated rings. The minimum absolute atomic E-state index is 0.112. The van der Waals surface area contributed by atoms with Crippen molar-refractivity contribution in [3.05, 3.63) is 45.5 Å². The summed E-state index contributed by atoms with van der Waals surface area (Å²) in [6.07, 6.45) is 2.28. The minimum atomic E-state index is -0.623. The van der Waals surface area contributed by atoms with Crippen molar-refractivity contribution in [2.75, 3.05) is 6.61 Å². The van der Waals surface area contributed by atoms with Crippen molar-refractivity contribution in [3.63, 3.8) is 0 Å². The molecule has 0 spiro atoms. The number of hydrogen-bond acceptors (Lipinski definition) is 4. The Morgan fingerprint density at radius 2 is 1.85 bits per heavy atom. The van der Waals surface area contributed by atoms with Crippen LogP contribution in [0.4, 0.5) is 0 Å². The van der Waals surface area contributed by atoms with Gasteiger partial charge in [-0.05, 0) is 59.1 Å². The van der Waals surface area contributed by atoms with Crippen LogP contribution in [0.5, 0.6) is 0 Å². The van der Waals surface area contributed by atoms with E-state index in [-0.39, 0.29) is 23.9 Å². The fourth-order valence-corrected chi connectivity index (χ4v) is 3.72. The van der Waals surface area contributed by atoms with Crippen molar-refractivity contribution < 1.29 is 19.1 Å². The summed E-state index contributed by atoms with van der Waals surface area (Å²) in [4.78, 5) is 39.4. The molecule has 0 aromatic carbocycles. The Kier molecular flexibility index (Phi) is 4.61. The Bertz CT molecular complexity index is 913. The standard InChI is InChI=1S/C20H24N2O4/c1-10-8-16(13(4)22(10)15-6-7-15)17(24)9-26-20(25)19-11(2)18(14(5)23)12(3)21-19/h8,15,21H,6-7,9H2,1-5H3. The number of ether oxygens (including phenoxy) is 1. The van der Waals surface area contributed by atoms with E-state index < -0.39 is 5.97 Å². The van der Waals surface area contributed by atoms with E-state index in [2.05, 4.69) is 9.55 Å². The summed E-state index contributed by atoms with van der Waals surface area (Å²) in [5, 5.41) is 0. The van der Waals surface area contributed by atoms with Crippen molar-refractivity contribution in [1.29, 1.82) is 0 Å². The second-order valence-corrected chi connectivity index (χ2v) is 7.07. The maximum atomic E-state index is 12.5. The fraction of sp³-hybridized carbons (Fsp3) is 0.450. The monoisotopic (exact) mass is 356 g/mol. The lowest BCUT2D eigenvalue weighted by atomic mass is 10.1. The molecule has 0 amide bonds. The summed E-state index contributed by atoms with van der Waals surface area (Å²) in [5.74, 6) is -0.951. The highest BCUT2D eigenvalue weighted by Gasteiger charge is 2.29. The maximum Gasteiger partial charge on any atom is 0.355 e. The molecule has 0 aliphatic heterocycles. The summed E-state index contributed by atoms with van der Waals surface area (Å²) in [5.41, 5.74) is 4.49. The zero-order chi connectivity index (χ0) is 19.2. The van der Waals surface area contributed by atoms with Crippen LogP contribution in [0.3, 0.4) is 0 Å². The average molecular weight is 356 g/mol. The number of esters is 1. The van der Waals surface area contributed by atoms with Gasteiger partial charge in [-0.15, -0.1) is 0 Å². The van der Waals surface area contributed by atoms with Gasteiger partial charge in [-0.2, -0.15) is 0 Å². The molecule has 0 saturated heterocycles. The number of aryl methyl sites for hydroxylation is 2. The molecule has 2 heterocycles. The zero-order valence-corrected chi connectivity index (χ0v) is 15.9. The number of hydrogen-bond donors (Lipinski definition) is 1. The summed E-state index contributed by atoms with van der Waals surface area (Å²) in [6, 6.07) is 2.36. The van der Waals surface area contributed by atoms with Crippen molar-refractivity contribution in [1.82, 2.24) is 9.55 Å². The van der Waals surface area contributed by atoms with Crippen LogP contribution < -0.4 is 0 Å². The van der Waals surface area contributed by atoms with Crippen LogP contribution in [0.15, 0.2) is 6.07 Å². The van der Waals surface area contributed by atoms with E-state index in [9.17, 15) is 14.4 Å². The number of ketones is 2. The molecular formula is C20H24N2O4. The zero-order valence-electron chi connectivity index (χ0n) is 15.9. The first-order valence-corrected chi connectivity index (χ1v) is 8.81. The molecule has 1 saturated carbocycles. The normalized spacial score (nSPS) is 13.7. The second kappa shape index (κ2) is 6.59. The van der Waals surface area contributed by atoms with Gasteiger partial charge in [-0.3, -0.25) is 9.59 Å².